The Morgan fingerprint density at radius 3 is 2.85 bits per heavy atom. The van der Waals surface area contributed by atoms with Crippen LogP contribution in [0.1, 0.15) is 43.5 Å². The van der Waals surface area contributed by atoms with Gasteiger partial charge in [0.15, 0.2) is 0 Å². The summed E-state index contributed by atoms with van der Waals surface area (Å²) < 4.78 is 0. The highest BCUT2D eigenvalue weighted by Gasteiger charge is 2.22. The van der Waals surface area contributed by atoms with Gasteiger partial charge in [-0.1, -0.05) is 19.9 Å². The lowest BCUT2D eigenvalue weighted by Gasteiger charge is -2.16. The SMILES string of the molecule is CC(C)CCNC(=O)c1cccc(N2CCCC2=O)c1. The Labute approximate surface area is 120 Å². The average Bonchev–Trinajstić information content (AvgIpc) is 2.84. The van der Waals surface area contributed by atoms with Gasteiger partial charge in [0.1, 0.15) is 0 Å². The van der Waals surface area contributed by atoms with Crippen LogP contribution in [0.3, 0.4) is 0 Å². The molecule has 1 aromatic rings. The number of carbonyl (C=O) groups excluding carboxylic acids is 2. The molecule has 1 aliphatic rings. The van der Waals surface area contributed by atoms with Gasteiger partial charge in [-0.05, 0) is 37.0 Å². The van der Waals surface area contributed by atoms with Crippen molar-refractivity contribution in [3.63, 3.8) is 0 Å². The third-order valence-corrected chi connectivity index (χ3v) is 3.50. The molecule has 4 heteroatoms. The lowest BCUT2D eigenvalue weighted by Crippen LogP contribution is -2.27. The summed E-state index contributed by atoms with van der Waals surface area (Å²) >= 11 is 0. The van der Waals surface area contributed by atoms with Gasteiger partial charge in [0.05, 0.1) is 0 Å². The molecule has 1 aliphatic heterocycles. The molecule has 1 heterocycles. The number of rotatable bonds is 5. The average molecular weight is 274 g/mol. The van der Waals surface area contributed by atoms with Crippen LogP contribution in [0.5, 0.6) is 0 Å². The van der Waals surface area contributed by atoms with Gasteiger partial charge in [-0.25, -0.2) is 0 Å². The number of amides is 2. The summed E-state index contributed by atoms with van der Waals surface area (Å²) in [5, 5.41) is 2.92. The highest BCUT2D eigenvalue weighted by atomic mass is 16.2. The molecule has 0 spiro atoms. The van der Waals surface area contributed by atoms with Gasteiger partial charge in [0.2, 0.25) is 5.91 Å². The minimum atomic E-state index is -0.0702. The molecule has 1 saturated heterocycles. The highest BCUT2D eigenvalue weighted by molar-refractivity contribution is 5.99. The number of anilines is 1. The van der Waals surface area contributed by atoms with Gasteiger partial charge in [0, 0.05) is 30.8 Å². The van der Waals surface area contributed by atoms with E-state index < -0.39 is 0 Å². The first-order valence-corrected chi connectivity index (χ1v) is 7.26. The van der Waals surface area contributed by atoms with E-state index in [0.29, 0.717) is 24.4 Å². The molecule has 1 fully saturated rings. The Morgan fingerprint density at radius 2 is 2.20 bits per heavy atom. The fourth-order valence-electron chi connectivity index (χ4n) is 2.31. The molecule has 0 aliphatic carbocycles. The van der Waals surface area contributed by atoms with Crippen LogP contribution in [0, 0.1) is 5.92 Å². The minimum Gasteiger partial charge on any atom is -0.352 e. The minimum absolute atomic E-state index is 0.0702. The number of hydrogen-bond donors (Lipinski definition) is 1. The van der Waals surface area contributed by atoms with E-state index >= 15 is 0 Å². The first kappa shape index (κ1) is 14.6. The number of carbonyl (C=O) groups is 2. The molecule has 2 rings (SSSR count). The van der Waals surface area contributed by atoms with Crippen LogP contribution in [-0.2, 0) is 4.79 Å². The van der Waals surface area contributed by atoms with Gasteiger partial charge < -0.3 is 10.2 Å². The van der Waals surface area contributed by atoms with Crippen molar-refractivity contribution in [2.45, 2.75) is 33.1 Å². The molecule has 1 aromatic carbocycles. The Bertz CT molecular complexity index is 497. The largest absolute Gasteiger partial charge is 0.352 e. The van der Waals surface area contributed by atoms with Crippen LogP contribution in [0.4, 0.5) is 5.69 Å². The smallest absolute Gasteiger partial charge is 0.251 e. The third kappa shape index (κ3) is 3.59. The molecule has 20 heavy (non-hydrogen) atoms. The molecule has 2 amide bonds. The topological polar surface area (TPSA) is 49.4 Å². The summed E-state index contributed by atoms with van der Waals surface area (Å²) in [5.41, 5.74) is 1.44. The molecule has 108 valence electrons. The predicted octanol–water partition coefficient (Wildman–Crippen LogP) is 2.59. The Kier molecular flexibility index (Phi) is 4.77. The monoisotopic (exact) mass is 274 g/mol. The normalized spacial score (nSPS) is 14.9. The van der Waals surface area contributed by atoms with Crippen LogP contribution in [0.25, 0.3) is 0 Å². The van der Waals surface area contributed by atoms with Crippen molar-refractivity contribution in [3.05, 3.63) is 29.8 Å². The number of nitrogens with zero attached hydrogens (tertiary/aromatic N) is 1. The second-order valence-corrected chi connectivity index (χ2v) is 5.64. The van der Waals surface area contributed by atoms with Gasteiger partial charge in [0.25, 0.3) is 5.91 Å². The molecular formula is C16H22N2O2. The molecule has 4 nitrogen and oxygen atoms in total. The summed E-state index contributed by atoms with van der Waals surface area (Å²) in [6, 6.07) is 7.30. The van der Waals surface area contributed by atoms with Crippen molar-refractivity contribution in [1.29, 1.82) is 0 Å². The number of benzene rings is 1. The molecule has 0 saturated carbocycles. The molecule has 0 unspecified atom stereocenters. The second kappa shape index (κ2) is 6.55. The van der Waals surface area contributed by atoms with Gasteiger partial charge in [-0.15, -0.1) is 0 Å². The van der Waals surface area contributed by atoms with E-state index in [9.17, 15) is 9.59 Å². The molecule has 0 aromatic heterocycles. The van der Waals surface area contributed by atoms with E-state index in [1.165, 1.54) is 0 Å². The lowest BCUT2D eigenvalue weighted by atomic mass is 10.1. The van der Waals surface area contributed by atoms with Gasteiger partial charge in [-0.3, -0.25) is 9.59 Å². The molecular weight excluding hydrogens is 252 g/mol. The molecule has 1 N–H and O–H groups in total. The molecule has 0 atom stereocenters. The zero-order chi connectivity index (χ0) is 14.5. The fraction of sp³-hybridized carbons (Fsp3) is 0.500. The Balaban J connectivity index is 2.02. The predicted molar refractivity (Wildman–Crippen MR) is 79.8 cm³/mol. The van der Waals surface area contributed by atoms with Crippen molar-refractivity contribution in [2.24, 2.45) is 5.92 Å². The number of nitrogens with one attached hydrogen (secondary N) is 1. The highest BCUT2D eigenvalue weighted by Crippen LogP contribution is 2.22. The van der Waals surface area contributed by atoms with E-state index in [2.05, 4.69) is 19.2 Å². The van der Waals surface area contributed by atoms with Gasteiger partial charge >= 0.3 is 0 Å². The number of hydrogen-bond acceptors (Lipinski definition) is 2. The van der Waals surface area contributed by atoms with Crippen molar-refractivity contribution >= 4 is 17.5 Å². The second-order valence-electron chi connectivity index (χ2n) is 5.64. The maximum absolute atomic E-state index is 12.1. The standard InChI is InChI=1S/C16H22N2O2/c1-12(2)8-9-17-16(20)13-5-3-6-14(11-13)18-10-4-7-15(18)19/h3,5-6,11-12H,4,7-10H2,1-2H3,(H,17,20). The van der Waals surface area contributed by atoms with E-state index in [-0.39, 0.29) is 11.8 Å². The third-order valence-electron chi connectivity index (χ3n) is 3.50. The van der Waals surface area contributed by atoms with Crippen molar-refractivity contribution in [3.8, 4) is 0 Å². The summed E-state index contributed by atoms with van der Waals surface area (Å²) in [5.74, 6) is 0.644. The zero-order valence-electron chi connectivity index (χ0n) is 12.2. The Hall–Kier alpha value is -1.84. The van der Waals surface area contributed by atoms with E-state index in [1.54, 1.807) is 17.0 Å². The van der Waals surface area contributed by atoms with E-state index in [0.717, 1.165) is 25.1 Å². The maximum atomic E-state index is 12.1. The fourth-order valence-corrected chi connectivity index (χ4v) is 2.31. The zero-order valence-corrected chi connectivity index (χ0v) is 12.2. The van der Waals surface area contributed by atoms with Crippen LogP contribution in [-0.4, -0.2) is 24.9 Å². The van der Waals surface area contributed by atoms with Crippen molar-refractivity contribution in [2.75, 3.05) is 18.0 Å². The van der Waals surface area contributed by atoms with Gasteiger partial charge in [-0.2, -0.15) is 0 Å². The van der Waals surface area contributed by atoms with Crippen LogP contribution >= 0.6 is 0 Å². The molecule has 0 radical (unpaired) electrons. The van der Waals surface area contributed by atoms with E-state index in [1.807, 2.05) is 12.1 Å². The first-order chi connectivity index (χ1) is 9.58. The summed E-state index contributed by atoms with van der Waals surface area (Å²) in [4.78, 5) is 25.5. The van der Waals surface area contributed by atoms with Crippen molar-refractivity contribution < 1.29 is 9.59 Å². The van der Waals surface area contributed by atoms with Crippen molar-refractivity contribution in [1.82, 2.24) is 5.32 Å². The summed E-state index contributed by atoms with van der Waals surface area (Å²) in [6.45, 7) is 5.69. The first-order valence-electron chi connectivity index (χ1n) is 7.26. The van der Waals surface area contributed by atoms with Crippen LogP contribution in [0.15, 0.2) is 24.3 Å². The van der Waals surface area contributed by atoms with Crippen LogP contribution in [0.2, 0.25) is 0 Å². The molecule has 0 bridgehead atoms. The van der Waals surface area contributed by atoms with E-state index in [4.69, 9.17) is 0 Å². The Morgan fingerprint density at radius 1 is 1.40 bits per heavy atom. The maximum Gasteiger partial charge on any atom is 0.251 e. The van der Waals surface area contributed by atoms with Crippen LogP contribution < -0.4 is 10.2 Å². The summed E-state index contributed by atoms with van der Waals surface area (Å²) in [7, 11) is 0. The summed E-state index contributed by atoms with van der Waals surface area (Å²) in [6.07, 6.45) is 2.46. The quantitative estimate of drug-likeness (QED) is 0.897. The lowest BCUT2D eigenvalue weighted by molar-refractivity contribution is -0.117.